The number of amides is 1. The number of methoxy groups -OCH3 is 1. The predicted molar refractivity (Wildman–Crippen MR) is 47.8 cm³/mol. The summed E-state index contributed by atoms with van der Waals surface area (Å²) in [6.45, 7) is 3.54. The first-order chi connectivity index (χ1) is 5.99. The molecule has 0 rings (SSSR count). The van der Waals surface area contributed by atoms with Crippen molar-refractivity contribution in [2.24, 2.45) is 11.7 Å². The molecule has 5 nitrogen and oxygen atoms in total. The summed E-state index contributed by atoms with van der Waals surface area (Å²) in [6, 6.07) is -0.579. The second-order valence-corrected chi connectivity index (χ2v) is 3.06. The first kappa shape index (κ1) is 11.9. The fraction of sp³-hybridized carbons (Fsp3) is 0.750. The average Bonchev–Trinajstić information content (AvgIpc) is 2.11. The van der Waals surface area contributed by atoms with Crippen molar-refractivity contribution in [1.29, 1.82) is 0 Å². The van der Waals surface area contributed by atoms with E-state index in [-0.39, 0.29) is 18.4 Å². The van der Waals surface area contributed by atoms with Gasteiger partial charge in [-0.1, -0.05) is 13.8 Å². The Hall–Kier alpha value is -1.10. The quantitative estimate of drug-likeness (QED) is 0.569. The molecule has 0 heterocycles. The number of hydrogen-bond acceptors (Lipinski definition) is 4. The SMILES string of the molecule is COC(=O)CNC(=O)[C@H](N)C(C)C. The molecule has 0 spiro atoms. The van der Waals surface area contributed by atoms with Crippen molar-refractivity contribution in [3.05, 3.63) is 0 Å². The van der Waals surface area contributed by atoms with Gasteiger partial charge in [-0.05, 0) is 5.92 Å². The van der Waals surface area contributed by atoms with E-state index in [2.05, 4.69) is 10.1 Å². The van der Waals surface area contributed by atoms with Gasteiger partial charge >= 0.3 is 5.97 Å². The van der Waals surface area contributed by atoms with Gasteiger partial charge in [0.05, 0.1) is 13.2 Å². The van der Waals surface area contributed by atoms with Gasteiger partial charge in [0.25, 0.3) is 0 Å². The molecule has 76 valence electrons. The number of esters is 1. The van der Waals surface area contributed by atoms with Crippen molar-refractivity contribution in [2.75, 3.05) is 13.7 Å². The van der Waals surface area contributed by atoms with Gasteiger partial charge in [-0.3, -0.25) is 9.59 Å². The molecule has 1 atom stereocenters. The molecule has 0 saturated carbocycles. The Morgan fingerprint density at radius 3 is 2.38 bits per heavy atom. The van der Waals surface area contributed by atoms with E-state index in [1.165, 1.54) is 7.11 Å². The van der Waals surface area contributed by atoms with Crippen LogP contribution in [-0.2, 0) is 14.3 Å². The Labute approximate surface area is 77.6 Å². The zero-order valence-electron chi connectivity index (χ0n) is 8.16. The molecular formula is C8H16N2O3. The summed E-state index contributed by atoms with van der Waals surface area (Å²) >= 11 is 0. The fourth-order valence-electron chi connectivity index (χ4n) is 0.652. The van der Waals surface area contributed by atoms with E-state index in [1.54, 1.807) is 0 Å². The molecule has 0 aliphatic heterocycles. The summed E-state index contributed by atoms with van der Waals surface area (Å²) in [6.07, 6.45) is 0. The van der Waals surface area contributed by atoms with E-state index >= 15 is 0 Å². The highest BCUT2D eigenvalue weighted by molar-refractivity contribution is 5.85. The largest absolute Gasteiger partial charge is 0.468 e. The van der Waals surface area contributed by atoms with Gasteiger partial charge in [-0.15, -0.1) is 0 Å². The van der Waals surface area contributed by atoms with Crippen LogP contribution in [0.2, 0.25) is 0 Å². The number of carbonyl (C=O) groups is 2. The standard InChI is InChI=1S/C8H16N2O3/c1-5(2)7(9)8(12)10-4-6(11)13-3/h5,7H,4,9H2,1-3H3,(H,10,12)/t7-/m1/s1. The molecular weight excluding hydrogens is 172 g/mol. The Morgan fingerprint density at radius 1 is 1.46 bits per heavy atom. The van der Waals surface area contributed by atoms with Crippen molar-refractivity contribution >= 4 is 11.9 Å². The molecule has 0 aromatic heterocycles. The Bertz CT molecular complexity index is 192. The smallest absolute Gasteiger partial charge is 0.325 e. The maximum atomic E-state index is 11.2. The van der Waals surface area contributed by atoms with Crippen LogP contribution in [0.5, 0.6) is 0 Å². The second-order valence-electron chi connectivity index (χ2n) is 3.06. The van der Waals surface area contributed by atoms with Crippen LogP contribution in [0.15, 0.2) is 0 Å². The fourth-order valence-corrected chi connectivity index (χ4v) is 0.652. The van der Waals surface area contributed by atoms with Gasteiger partial charge in [-0.2, -0.15) is 0 Å². The van der Waals surface area contributed by atoms with Crippen molar-refractivity contribution < 1.29 is 14.3 Å². The summed E-state index contributed by atoms with van der Waals surface area (Å²) in [5.41, 5.74) is 5.52. The van der Waals surface area contributed by atoms with Crippen molar-refractivity contribution in [2.45, 2.75) is 19.9 Å². The highest BCUT2D eigenvalue weighted by Gasteiger charge is 2.17. The maximum absolute atomic E-state index is 11.2. The van der Waals surface area contributed by atoms with Crippen LogP contribution >= 0.6 is 0 Å². The zero-order valence-corrected chi connectivity index (χ0v) is 8.16. The molecule has 5 heteroatoms. The lowest BCUT2D eigenvalue weighted by molar-refractivity contribution is -0.141. The molecule has 0 aromatic rings. The highest BCUT2D eigenvalue weighted by Crippen LogP contribution is 1.97. The topological polar surface area (TPSA) is 81.4 Å². The normalized spacial score (nSPS) is 12.4. The number of ether oxygens (including phenoxy) is 1. The van der Waals surface area contributed by atoms with E-state index in [1.807, 2.05) is 13.8 Å². The predicted octanol–water partition coefficient (Wildman–Crippen LogP) is -0.741. The van der Waals surface area contributed by atoms with Crippen LogP contribution in [-0.4, -0.2) is 31.6 Å². The monoisotopic (exact) mass is 188 g/mol. The molecule has 3 N–H and O–H groups in total. The molecule has 0 unspecified atom stereocenters. The Kier molecular flexibility index (Phi) is 5.06. The number of hydrogen-bond donors (Lipinski definition) is 2. The molecule has 0 aromatic carbocycles. The number of carbonyl (C=O) groups excluding carboxylic acids is 2. The lowest BCUT2D eigenvalue weighted by Crippen LogP contribution is -2.45. The van der Waals surface area contributed by atoms with E-state index in [4.69, 9.17) is 5.73 Å². The first-order valence-electron chi connectivity index (χ1n) is 4.09. The molecule has 0 saturated heterocycles. The van der Waals surface area contributed by atoms with E-state index in [0.29, 0.717) is 0 Å². The molecule has 13 heavy (non-hydrogen) atoms. The Balaban J connectivity index is 3.81. The maximum Gasteiger partial charge on any atom is 0.325 e. The molecule has 0 fully saturated rings. The number of rotatable bonds is 4. The second kappa shape index (κ2) is 5.53. The summed E-state index contributed by atoms with van der Waals surface area (Å²) in [4.78, 5) is 21.8. The van der Waals surface area contributed by atoms with Crippen molar-refractivity contribution in [3.63, 3.8) is 0 Å². The van der Waals surface area contributed by atoms with Gasteiger partial charge in [0.15, 0.2) is 0 Å². The highest BCUT2D eigenvalue weighted by atomic mass is 16.5. The molecule has 0 aliphatic carbocycles. The van der Waals surface area contributed by atoms with Crippen LogP contribution in [0.1, 0.15) is 13.8 Å². The van der Waals surface area contributed by atoms with Crippen molar-refractivity contribution in [3.8, 4) is 0 Å². The summed E-state index contributed by atoms with van der Waals surface area (Å²) in [5, 5.41) is 2.38. The minimum atomic E-state index is -0.579. The van der Waals surface area contributed by atoms with Crippen LogP contribution in [0.25, 0.3) is 0 Å². The van der Waals surface area contributed by atoms with Crippen LogP contribution in [0.4, 0.5) is 0 Å². The Morgan fingerprint density at radius 2 is 2.00 bits per heavy atom. The third-order valence-electron chi connectivity index (χ3n) is 1.66. The molecule has 0 radical (unpaired) electrons. The molecule has 0 aliphatic rings. The van der Waals surface area contributed by atoms with Gasteiger partial charge in [-0.25, -0.2) is 0 Å². The molecule has 0 bridgehead atoms. The lowest BCUT2D eigenvalue weighted by Gasteiger charge is -2.14. The van der Waals surface area contributed by atoms with Gasteiger partial charge in [0.1, 0.15) is 6.54 Å². The lowest BCUT2D eigenvalue weighted by atomic mass is 10.1. The van der Waals surface area contributed by atoms with E-state index in [9.17, 15) is 9.59 Å². The minimum Gasteiger partial charge on any atom is -0.468 e. The van der Waals surface area contributed by atoms with Crippen LogP contribution < -0.4 is 11.1 Å². The van der Waals surface area contributed by atoms with Gasteiger partial charge in [0.2, 0.25) is 5.91 Å². The van der Waals surface area contributed by atoms with E-state index < -0.39 is 12.0 Å². The third-order valence-corrected chi connectivity index (χ3v) is 1.66. The minimum absolute atomic E-state index is 0.0534. The summed E-state index contributed by atoms with van der Waals surface area (Å²) in [5.74, 6) is -0.762. The summed E-state index contributed by atoms with van der Waals surface area (Å²) < 4.78 is 4.35. The van der Waals surface area contributed by atoms with Gasteiger partial charge < -0.3 is 15.8 Å². The summed E-state index contributed by atoms with van der Waals surface area (Å²) in [7, 11) is 1.26. The molecule has 1 amide bonds. The van der Waals surface area contributed by atoms with Crippen LogP contribution in [0, 0.1) is 5.92 Å². The zero-order chi connectivity index (χ0) is 10.4. The van der Waals surface area contributed by atoms with Gasteiger partial charge in [0, 0.05) is 0 Å². The van der Waals surface area contributed by atoms with Crippen LogP contribution in [0.3, 0.4) is 0 Å². The number of nitrogens with one attached hydrogen (secondary N) is 1. The van der Waals surface area contributed by atoms with E-state index in [0.717, 1.165) is 0 Å². The number of nitrogens with two attached hydrogens (primary N) is 1. The average molecular weight is 188 g/mol. The third kappa shape index (κ3) is 4.47. The van der Waals surface area contributed by atoms with Crippen molar-refractivity contribution in [1.82, 2.24) is 5.32 Å². The first-order valence-corrected chi connectivity index (χ1v) is 4.09.